The summed E-state index contributed by atoms with van der Waals surface area (Å²) in [5.74, 6) is -1.29. The summed E-state index contributed by atoms with van der Waals surface area (Å²) < 4.78 is 28.2. The molecule has 6 heteroatoms. The number of nitriles is 1. The van der Waals surface area contributed by atoms with Crippen LogP contribution in [0.5, 0.6) is 0 Å². The van der Waals surface area contributed by atoms with Gasteiger partial charge in [-0.15, -0.1) is 0 Å². The molecule has 128 valence electrons. The Morgan fingerprint density at radius 2 is 1.62 bits per heavy atom. The van der Waals surface area contributed by atoms with Crippen LogP contribution in [0, 0.1) is 28.9 Å². The third-order valence-electron chi connectivity index (χ3n) is 4.97. The summed E-state index contributed by atoms with van der Waals surface area (Å²) in [5, 5.41) is 8.77. The molecule has 1 aromatic carbocycles. The van der Waals surface area contributed by atoms with Gasteiger partial charge in [0.1, 0.15) is 5.69 Å². The summed E-state index contributed by atoms with van der Waals surface area (Å²) in [5.41, 5.74) is -0.109. The van der Waals surface area contributed by atoms with Gasteiger partial charge >= 0.3 is 0 Å². The van der Waals surface area contributed by atoms with Gasteiger partial charge < -0.3 is 9.80 Å². The average molecular weight is 333 g/mol. The topological polar surface area (TPSA) is 47.3 Å². The first-order chi connectivity index (χ1) is 11.6. The molecule has 4 nitrogen and oxygen atoms in total. The van der Waals surface area contributed by atoms with Crippen molar-refractivity contribution in [2.45, 2.75) is 32.1 Å². The molecule has 0 unspecified atom stereocenters. The predicted octanol–water partition coefficient (Wildman–Crippen LogP) is 3.07. The molecule has 2 aliphatic heterocycles. The van der Waals surface area contributed by atoms with Crippen LogP contribution in [0.15, 0.2) is 12.1 Å². The lowest BCUT2D eigenvalue weighted by Crippen LogP contribution is -2.44. The van der Waals surface area contributed by atoms with Gasteiger partial charge in [0.25, 0.3) is 0 Å². The molecule has 24 heavy (non-hydrogen) atoms. The maximum Gasteiger partial charge on any atom is 0.225 e. The van der Waals surface area contributed by atoms with Crippen molar-refractivity contribution >= 4 is 11.6 Å². The number of piperidine rings is 2. The minimum Gasteiger partial charge on any atom is -0.367 e. The lowest BCUT2D eigenvalue weighted by atomic mass is 9.94. The van der Waals surface area contributed by atoms with Crippen LogP contribution < -0.4 is 4.90 Å². The zero-order valence-electron chi connectivity index (χ0n) is 13.6. The largest absolute Gasteiger partial charge is 0.367 e. The second kappa shape index (κ2) is 7.16. The third kappa shape index (κ3) is 3.35. The number of carbonyl (C=O) groups excluding carboxylic acids is 1. The number of nitrogens with zero attached hydrogens (tertiary/aromatic N) is 3. The summed E-state index contributed by atoms with van der Waals surface area (Å²) in [6.45, 7) is 2.56. The van der Waals surface area contributed by atoms with Crippen LogP contribution >= 0.6 is 0 Å². The van der Waals surface area contributed by atoms with Crippen molar-refractivity contribution in [3.63, 3.8) is 0 Å². The van der Waals surface area contributed by atoms with Gasteiger partial charge in [0.05, 0.1) is 11.6 Å². The maximum atomic E-state index is 14.1. The molecule has 0 saturated carbocycles. The average Bonchev–Trinajstić information content (AvgIpc) is 2.61. The first-order valence-corrected chi connectivity index (χ1v) is 8.53. The smallest absolute Gasteiger partial charge is 0.225 e. The predicted molar refractivity (Wildman–Crippen MR) is 86.4 cm³/mol. The molecule has 1 aromatic rings. The molecule has 0 atom stereocenters. The van der Waals surface area contributed by atoms with E-state index in [4.69, 9.17) is 5.26 Å². The second-order valence-electron chi connectivity index (χ2n) is 6.55. The van der Waals surface area contributed by atoms with E-state index in [1.165, 1.54) is 6.42 Å². The fraction of sp³-hybridized carbons (Fsp3) is 0.556. The molecule has 2 aliphatic rings. The molecule has 0 aromatic heterocycles. The van der Waals surface area contributed by atoms with Crippen molar-refractivity contribution in [3.8, 4) is 6.07 Å². The molecule has 1 amide bonds. The number of hydrogen-bond donors (Lipinski definition) is 0. The Labute approximate surface area is 140 Å². The van der Waals surface area contributed by atoms with Crippen molar-refractivity contribution in [2.24, 2.45) is 5.92 Å². The van der Waals surface area contributed by atoms with Crippen LogP contribution in [-0.2, 0) is 4.79 Å². The highest BCUT2D eigenvalue weighted by Crippen LogP contribution is 2.30. The van der Waals surface area contributed by atoms with E-state index in [1.54, 1.807) is 11.0 Å². The second-order valence-corrected chi connectivity index (χ2v) is 6.55. The Kier molecular flexibility index (Phi) is 4.98. The highest BCUT2D eigenvalue weighted by atomic mass is 19.1. The van der Waals surface area contributed by atoms with E-state index < -0.39 is 11.6 Å². The lowest BCUT2D eigenvalue weighted by Gasteiger charge is -2.36. The number of anilines is 1. The van der Waals surface area contributed by atoms with E-state index in [1.807, 2.05) is 4.90 Å². The first kappa shape index (κ1) is 16.7. The molecule has 0 radical (unpaired) electrons. The van der Waals surface area contributed by atoms with Crippen molar-refractivity contribution in [1.29, 1.82) is 5.26 Å². The van der Waals surface area contributed by atoms with E-state index >= 15 is 0 Å². The monoisotopic (exact) mass is 333 g/mol. The fourth-order valence-corrected chi connectivity index (χ4v) is 3.65. The molecule has 2 fully saturated rings. The van der Waals surface area contributed by atoms with Crippen LogP contribution in [-0.4, -0.2) is 37.0 Å². The Balaban J connectivity index is 1.65. The van der Waals surface area contributed by atoms with Gasteiger partial charge in [-0.25, -0.2) is 8.78 Å². The Morgan fingerprint density at radius 1 is 1.04 bits per heavy atom. The Morgan fingerprint density at radius 3 is 2.17 bits per heavy atom. The number of halogens is 2. The van der Waals surface area contributed by atoms with Crippen molar-refractivity contribution in [1.82, 2.24) is 4.90 Å². The van der Waals surface area contributed by atoms with Gasteiger partial charge in [-0.05, 0) is 44.2 Å². The molecule has 0 aliphatic carbocycles. The zero-order valence-corrected chi connectivity index (χ0v) is 13.6. The normalized spacial score (nSPS) is 19.2. The van der Waals surface area contributed by atoms with Gasteiger partial charge in [0, 0.05) is 32.1 Å². The van der Waals surface area contributed by atoms with Gasteiger partial charge in [-0.1, -0.05) is 0 Å². The maximum absolute atomic E-state index is 14.1. The van der Waals surface area contributed by atoms with Crippen molar-refractivity contribution in [2.75, 3.05) is 31.1 Å². The van der Waals surface area contributed by atoms with E-state index in [9.17, 15) is 13.6 Å². The van der Waals surface area contributed by atoms with Gasteiger partial charge in [-0.2, -0.15) is 5.26 Å². The number of rotatable bonds is 2. The van der Waals surface area contributed by atoms with E-state index in [0.717, 1.165) is 38.1 Å². The molecule has 3 rings (SSSR count). The number of carbonyl (C=O) groups is 1. The molecule has 0 spiro atoms. The summed E-state index contributed by atoms with van der Waals surface area (Å²) >= 11 is 0. The molecular weight excluding hydrogens is 312 g/mol. The first-order valence-electron chi connectivity index (χ1n) is 8.53. The van der Waals surface area contributed by atoms with Crippen molar-refractivity contribution in [3.05, 3.63) is 29.3 Å². The highest BCUT2D eigenvalue weighted by molar-refractivity contribution is 5.79. The summed E-state index contributed by atoms with van der Waals surface area (Å²) in [7, 11) is 0. The van der Waals surface area contributed by atoms with E-state index in [2.05, 4.69) is 0 Å². The van der Waals surface area contributed by atoms with Crippen LogP contribution in [0.25, 0.3) is 0 Å². The molecule has 2 saturated heterocycles. The van der Waals surface area contributed by atoms with Crippen molar-refractivity contribution < 1.29 is 13.6 Å². The molecule has 0 bridgehead atoms. The van der Waals surface area contributed by atoms with Gasteiger partial charge in [-0.3, -0.25) is 4.79 Å². The van der Waals surface area contributed by atoms with Crippen LogP contribution in [0.3, 0.4) is 0 Å². The number of benzene rings is 1. The number of amides is 1. The van der Waals surface area contributed by atoms with Crippen LogP contribution in [0.4, 0.5) is 14.5 Å². The SMILES string of the molecule is N#Cc1cc(F)c(N2CCC(C(=O)N3CCCCC3)CC2)c(F)c1. The highest BCUT2D eigenvalue weighted by Gasteiger charge is 2.31. The number of likely N-dealkylation sites (tertiary alicyclic amines) is 1. The Hall–Kier alpha value is -2.16. The van der Waals surface area contributed by atoms with E-state index in [-0.39, 0.29) is 23.1 Å². The molecule has 0 N–H and O–H groups in total. The zero-order chi connectivity index (χ0) is 17.1. The Bertz CT molecular complexity index is 634. The quantitative estimate of drug-likeness (QED) is 0.836. The summed E-state index contributed by atoms with van der Waals surface area (Å²) in [4.78, 5) is 16.1. The van der Waals surface area contributed by atoms with Gasteiger partial charge in [0.2, 0.25) is 5.91 Å². The standard InChI is InChI=1S/C18H21F2N3O/c19-15-10-13(12-21)11-16(20)17(15)22-8-4-14(5-9-22)18(24)23-6-2-1-3-7-23/h10-11,14H,1-9H2. The van der Waals surface area contributed by atoms with E-state index in [0.29, 0.717) is 25.9 Å². The third-order valence-corrected chi connectivity index (χ3v) is 4.97. The van der Waals surface area contributed by atoms with Crippen LogP contribution in [0.1, 0.15) is 37.7 Å². The lowest BCUT2D eigenvalue weighted by molar-refractivity contribution is -0.137. The number of hydrogen-bond acceptors (Lipinski definition) is 3. The minimum absolute atomic E-state index is 0.0242. The van der Waals surface area contributed by atoms with Crippen LogP contribution in [0.2, 0.25) is 0 Å². The summed E-state index contributed by atoms with van der Waals surface area (Å²) in [6.07, 6.45) is 4.51. The minimum atomic E-state index is -0.715. The fourth-order valence-electron chi connectivity index (χ4n) is 3.65. The van der Waals surface area contributed by atoms with Gasteiger partial charge in [0.15, 0.2) is 11.6 Å². The molecular formula is C18H21F2N3O. The summed E-state index contributed by atoms with van der Waals surface area (Å²) in [6, 6.07) is 3.87. The molecule has 2 heterocycles.